The van der Waals surface area contributed by atoms with Gasteiger partial charge in [0.2, 0.25) is 0 Å². The van der Waals surface area contributed by atoms with Gasteiger partial charge in [-0.15, -0.1) is 0 Å². The number of aliphatic hydroxyl groups excluding tert-OH is 1. The van der Waals surface area contributed by atoms with Crippen LogP contribution in [0.4, 0.5) is 0 Å². The minimum Gasteiger partial charge on any atom is -0.469 e. The second kappa shape index (κ2) is 9.54. The van der Waals surface area contributed by atoms with Gasteiger partial charge in [-0.2, -0.15) is 0 Å². The summed E-state index contributed by atoms with van der Waals surface area (Å²) in [5.41, 5.74) is 0.213. The first-order valence-electron chi connectivity index (χ1n) is 14.7. The monoisotopic (exact) mass is 542 g/mol. The molecule has 0 bridgehead atoms. The Morgan fingerprint density at radius 3 is 2.44 bits per heavy atom. The Morgan fingerprint density at radius 2 is 1.79 bits per heavy atom. The van der Waals surface area contributed by atoms with Crippen molar-refractivity contribution in [2.75, 3.05) is 7.11 Å². The van der Waals surface area contributed by atoms with Gasteiger partial charge in [0, 0.05) is 11.8 Å². The van der Waals surface area contributed by atoms with E-state index < -0.39 is 30.1 Å². The van der Waals surface area contributed by atoms with Crippen LogP contribution in [-0.2, 0) is 28.6 Å². The van der Waals surface area contributed by atoms with E-state index in [0.717, 1.165) is 31.3 Å². The van der Waals surface area contributed by atoms with Crippen molar-refractivity contribution in [3.05, 3.63) is 23.8 Å². The van der Waals surface area contributed by atoms with Gasteiger partial charge in [-0.05, 0) is 100 Å². The molecule has 4 aliphatic carbocycles. The second-order valence-electron chi connectivity index (χ2n) is 14.2. The second-order valence-corrected chi connectivity index (χ2v) is 14.2. The lowest BCUT2D eigenvalue weighted by Crippen LogP contribution is -2.55. The van der Waals surface area contributed by atoms with Crippen LogP contribution in [0.1, 0.15) is 86.5 Å². The number of carbonyl (C=O) groups is 3. The molecule has 0 amide bonds. The van der Waals surface area contributed by atoms with E-state index in [4.69, 9.17) is 14.2 Å². The highest BCUT2D eigenvalue weighted by molar-refractivity contribution is 6.01. The molecule has 5 rings (SSSR count). The summed E-state index contributed by atoms with van der Waals surface area (Å²) in [6.45, 7) is 13.0. The molecule has 216 valence electrons. The van der Waals surface area contributed by atoms with Crippen LogP contribution in [0, 0.1) is 40.4 Å². The fourth-order valence-electron chi connectivity index (χ4n) is 9.28. The lowest BCUT2D eigenvalue weighted by atomic mass is 9.46. The molecular formula is C32H46O7. The van der Waals surface area contributed by atoms with Gasteiger partial charge in [-0.3, -0.25) is 14.4 Å². The van der Waals surface area contributed by atoms with E-state index in [0.29, 0.717) is 30.6 Å². The van der Waals surface area contributed by atoms with Gasteiger partial charge in [0.15, 0.2) is 5.78 Å². The Hall–Kier alpha value is -1.99. The lowest BCUT2D eigenvalue weighted by Gasteiger charge is -2.59. The highest BCUT2D eigenvalue weighted by Gasteiger charge is 2.64. The molecule has 1 N–H and O–H groups in total. The van der Waals surface area contributed by atoms with Crippen molar-refractivity contribution in [1.82, 2.24) is 0 Å². The minimum atomic E-state index is -0.599. The number of hydrogen-bond donors (Lipinski definition) is 1. The molecule has 4 fully saturated rings. The lowest BCUT2D eigenvalue weighted by molar-refractivity contribution is -0.162. The molecule has 39 heavy (non-hydrogen) atoms. The molecule has 10 unspecified atom stereocenters. The molecule has 7 heteroatoms. The SMILES string of the molecule is COC(=O)CC(=O)OC(CC1(C)OC1(C)C)C(C)C1CCC2C3C(O)CC4=CC(=O)C=CC4(C)C3CCC12C. The third-order valence-corrected chi connectivity index (χ3v) is 12.0. The molecule has 0 radical (unpaired) electrons. The van der Waals surface area contributed by atoms with Crippen LogP contribution in [0.15, 0.2) is 23.8 Å². The number of carbonyl (C=O) groups excluding carboxylic acids is 3. The third kappa shape index (κ3) is 4.61. The molecule has 5 aliphatic rings. The Labute approximate surface area is 232 Å². The van der Waals surface area contributed by atoms with Gasteiger partial charge in [0.05, 0.1) is 24.4 Å². The number of ketones is 1. The quantitative estimate of drug-likeness (QED) is 0.276. The number of allylic oxidation sites excluding steroid dienone is 3. The van der Waals surface area contributed by atoms with Crippen molar-refractivity contribution in [2.45, 2.75) is 110 Å². The van der Waals surface area contributed by atoms with Gasteiger partial charge in [-0.1, -0.05) is 32.4 Å². The molecule has 3 saturated carbocycles. The van der Waals surface area contributed by atoms with Crippen LogP contribution < -0.4 is 0 Å². The molecular weight excluding hydrogens is 496 g/mol. The molecule has 0 spiro atoms. The standard InChI is InChI=1S/C32H46O7/c1-18(25(17-32(6)29(2,3)39-32)38-27(36)16-26(35)37-7)21-8-9-22-28-23(11-13-31(21,22)5)30(4)12-10-20(33)14-19(30)15-24(28)34/h10,12,14,18,21-25,28,34H,8-9,11,13,15-17H2,1-7H3. The van der Waals surface area contributed by atoms with E-state index in [1.807, 2.05) is 0 Å². The zero-order valence-electron chi connectivity index (χ0n) is 24.6. The zero-order chi connectivity index (χ0) is 28.5. The summed E-state index contributed by atoms with van der Waals surface area (Å²) in [7, 11) is 1.27. The maximum atomic E-state index is 12.8. The number of methoxy groups -OCH3 is 1. The normalized spacial score (nSPS) is 43.3. The first-order chi connectivity index (χ1) is 18.1. The first-order valence-corrected chi connectivity index (χ1v) is 14.7. The first kappa shape index (κ1) is 28.5. The van der Waals surface area contributed by atoms with E-state index in [9.17, 15) is 19.5 Å². The maximum absolute atomic E-state index is 12.8. The minimum absolute atomic E-state index is 0.00117. The van der Waals surface area contributed by atoms with Crippen molar-refractivity contribution in [1.29, 1.82) is 0 Å². The van der Waals surface area contributed by atoms with Crippen LogP contribution in [0.2, 0.25) is 0 Å². The van der Waals surface area contributed by atoms with E-state index in [1.165, 1.54) is 7.11 Å². The molecule has 1 aliphatic heterocycles. The molecule has 0 aromatic rings. The maximum Gasteiger partial charge on any atom is 0.317 e. The number of epoxide rings is 1. The number of aliphatic hydroxyl groups is 1. The Morgan fingerprint density at radius 1 is 1.10 bits per heavy atom. The molecule has 7 nitrogen and oxygen atoms in total. The van der Waals surface area contributed by atoms with Crippen LogP contribution in [0.5, 0.6) is 0 Å². The van der Waals surface area contributed by atoms with Crippen molar-refractivity contribution >= 4 is 17.7 Å². The van der Waals surface area contributed by atoms with Gasteiger partial charge < -0.3 is 19.3 Å². The van der Waals surface area contributed by atoms with Gasteiger partial charge in [-0.25, -0.2) is 0 Å². The van der Waals surface area contributed by atoms with E-state index in [-0.39, 0.29) is 40.2 Å². The number of rotatable bonds is 7. The summed E-state index contributed by atoms with van der Waals surface area (Å²) in [5, 5.41) is 11.5. The highest BCUT2D eigenvalue weighted by atomic mass is 16.6. The summed E-state index contributed by atoms with van der Waals surface area (Å²) >= 11 is 0. The predicted molar refractivity (Wildman–Crippen MR) is 145 cm³/mol. The van der Waals surface area contributed by atoms with Crippen molar-refractivity contribution < 1.29 is 33.7 Å². The molecule has 0 aromatic heterocycles. The Bertz CT molecular complexity index is 1110. The number of fused-ring (bicyclic) bond motifs is 5. The summed E-state index contributed by atoms with van der Waals surface area (Å²) in [5.74, 6) is 0.0729. The highest BCUT2D eigenvalue weighted by Crippen LogP contribution is 2.67. The summed E-state index contributed by atoms with van der Waals surface area (Å²) in [4.78, 5) is 36.7. The average Bonchev–Trinajstić information content (AvgIpc) is 3.16. The smallest absolute Gasteiger partial charge is 0.317 e. The van der Waals surface area contributed by atoms with Crippen molar-refractivity contribution in [3.8, 4) is 0 Å². The van der Waals surface area contributed by atoms with E-state index in [1.54, 1.807) is 12.2 Å². The fourth-order valence-corrected chi connectivity index (χ4v) is 9.28. The summed E-state index contributed by atoms with van der Waals surface area (Å²) < 4.78 is 16.8. The predicted octanol–water partition coefficient (Wildman–Crippen LogP) is 4.95. The number of esters is 2. The van der Waals surface area contributed by atoms with Gasteiger partial charge >= 0.3 is 11.9 Å². The van der Waals surface area contributed by atoms with E-state index in [2.05, 4.69) is 47.6 Å². The van der Waals surface area contributed by atoms with Gasteiger partial charge in [0.1, 0.15) is 12.5 Å². The molecule has 10 atom stereocenters. The largest absolute Gasteiger partial charge is 0.469 e. The third-order valence-electron chi connectivity index (χ3n) is 12.0. The fraction of sp³-hybridized carbons (Fsp3) is 0.781. The van der Waals surface area contributed by atoms with Crippen LogP contribution in [0.3, 0.4) is 0 Å². The summed E-state index contributed by atoms with van der Waals surface area (Å²) in [6.07, 6.45) is 9.52. The topological polar surface area (TPSA) is 102 Å². The van der Waals surface area contributed by atoms with E-state index >= 15 is 0 Å². The molecule has 1 saturated heterocycles. The molecule has 1 heterocycles. The van der Waals surface area contributed by atoms with Crippen molar-refractivity contribution in [2.24, 2.45) is 40.4 Å². The average molecular weight is 543 g/mol. The number of hydrogen-bond acceptors (Lipinski definition) is 7. The summed E-state index contributed by atoms with van der Waals surface area (Å²) in [6, 6.07) is 0. The molecule has 0 aromatic carbocycles. The Balaban J connectivity index is 1.39. The van der Waals surface area contributed by atoms with Crippen molar-refractivity contribution in [3.63, 3.8) is 0 Å². The Kier molecular flexibility index (Phi) is 6.98. The zero-order valence-corrected chi connectivity index (χ0v) is 24.6. The van der Waals surface area contributed by atoms with Crippen LogP contribution in [-0.4, -0.2) is 53.3 Å². The van der Waals surface area contributed by atoms with Crippen LogP contribution in [0.25, 0.3) is 0 Å². The van der Waals surface area contributed by atoms with Crippen LogP contribution >= 0.6 is 0 Å². The van der Waals surface area contributed by atoms with Gasteiger partial charge in [0.25, 0.3) is 0 Å². The number of ether oxygens (including phenoxy) is 3.